The summed E-state index contributed by atoms with van der Waals surface area (Å²) in [4.78, 5) is 29.6. The average molecular weight is 257 g/mol. The van der Waals surface area contributed by atoms with Gasteiger partial charge in [0.2, 0.25) is 5.91 Å². The number of amides is 1. The van der Waals surface area contributed by atoms with E-state index in [1.165, 1.54) is 18.1 Å². The molecule has 1 aromatic rings. The Morgan fingerprint density at radius 2 is 2.44 bits per heavy atom. The molecule has 0 atom stereocenters. The largest absolute Gasteiger partial charge is 0.481 e. The lowest BCUT2D eigenvalue weighted by Gasteiger charge is -2.16. The van der Waals surface area contributed by atoms with Gasteiger partial charge in [-0.25, -0.2) is 9.97 Å². The van der Waals surface area contributed by atoms with Crippen LogP contribution in [0, 0.1) is 0 Å². The Hall–Kier alpha value is -1.28. The summed E-state index contributed by atoms with van der Waals surface area (Å²) in [6.07, 6.45) is 1.37. The number of nitrogens with zero attached hydrogens (tertiary/aromatic N) is 2. The Labute approximate surface area is 99.2 Å². The van der Waals surface area contributed by atoms with Crippen LogP contribution in [0.25, 0.3) is 0 Å². The molecule has 6 nitrogen and oxygen atoms in total. The van der Waals surface area contributed by atoms with E-state index in [1.807, 2.05) is 0 Å². The van der Waals surface area contributed by atoms with E-state index in [0.717, 1.165) is 11.8 Å². The summed E-state index contributed by atoms with van der Waals surface area (Å²) in [5, 5.41) is 12.4. The molecule has 0 aromatic carbocycles. The SMILES string of the molecule is O=C(O)CSc1ncnc2c1NC(=O)CS2. The van der Waals surface area contributed by atoms with Gasteiger partial charge in [0.15, 0.2) is 0 Å². The minimum atomic E-state index is -0.924. The molecule has 0 aliphatic carbocycles. The molecular weight excluding hydrogens is 250 g/mol. The number of aliphatic carboxylic acids is 1. The van der Waals surface area contributed by atoms with Crippen LogP contribution in [0.2, 0.25) is 0 Å². The number of nitrogens with one attached hydrogen (secondary N) is 1. The van der Waals surface area contributed by atoms with Crippen molar-refractivity contribution in [3.05, 3.63) is 6.33 Å². The molecule has 1 aliphatic heterocycles. The van der Waals surface area contributed by atoms with Crippen molar-refractivity contribution in [2.45, 2.75) is 10.1 Å². The highest BCUT2D eigenvalue weighted by Crippen LogP contribution is 2.35. The molecule has 2 heterocycles. The van der Waals surface area contributed by atoms with E-state index >= 15 is 0 Å². The van der Waals surface area contributed by atoms with E-state index in [0.29, 0.717) is 21.5 Å². The molecule has 1 amide bonds. The van der Waals surface area contributed by atoms with E-state index in [9.17, 15) is 9.59 Å². The lowest BCUT2D eigenvalue weighted by molar-refractivity contribution is -0.133. The Kier molecular flexibility index (Phi) is 3.30. The quantitative estimate of drug-likeness (QED) is 0.608. The maximum Gasteiger partial charge on any atom is 0.313 e. The molecule has 0 unspecified atom stereocenters. The summed E-state index contributed by atoms with van der Waals surface area (Å²) in [5.41, 5.74) is 0.523. The third-order valence-electron chi connectivity index (χ3n) is 1.71. The molecule has 0 spiro atoms. The normalized spacial score (nSPS) is 14.1. The first-order chi connectivity index (χ1) is 7.66. The molecule has 2 N–H and O–H groups in total. The number of fused-ring (bicyclic) bond motifs is 1. The van der Waals surface area contributed by atoms with Crippen LogP contribution in [-0.2, 0) is 9.59 Å². The van der Waals surface area contributed by atoms with Crippen LogP contribution in [0.3, 0.4) is 0 Å². The summed E-state index contributed by atoms with van der Waals surface area (Å²) >= 11 is 2.39. The van der Waals surface area contributed by atoms with Crippen molar-refractivity contribution in [3.8, 4) is 0 Å². The van der Waals surface area contributed by atoms with Crippen LogP contribution in [0.1, 0.15) is 0 Å². The number of anilines is 1. The number of thioether (sulfide) groups is 2. The van der Waals surface area contributed by atoms with Crippen LogP contribution in [-0.4, -0.2) is 38.5 Å². The zero-order valence-electron chi connectivity index (χ0n) is 7.97. The van der Waals surface area contributed by atoms with Crippen molar-refractivity contribution >= 4 is 41.1 Å². The topological polar surface area (TPSA) is 92.2 Å². The molecular formula is C8H7N3O3S2. The molecule has 16 heavy (non-hydrogen) atoms. The van der Waals surface area contributed by atoms with Gasteiger partial charge in [-0.2, -0.15) is 0 Å². The number of hydrogen-bond acceptors (Lipinski definition) is 6. The van der Waals surface area contributed by atoms with Crippen LogP contribution >= 0.6 is 23.5 Å². The number of hydrogen-bond donors (Lipinski definition) is 2. The van der Waals surface area contributed by atoms with Crippen LogP contribution in [0.15, 0.2) is 16.4 Å². The molecule has 0 bridgehead atoms. The second-order valence-electron chi connectivity index (χ2n) is 2.88. The van der Waals surface area contributed by atoms with Crippen LogP contribution < -0.4 is 5.32 Å². The van der Waals surface area contributed by atoms with Gasteiger partial charge >= 0.3 is 5.97 Å². The van der Waals surface area contributed by atoms with Gasteiger partial charge in [-0.3, -0.25) is 9.59 Å². The summed E-state index contributed by atoms with van der Waals surface area (Å²) < 4.78 is 0. The Morgan fingerprint density at radius 1 is 1.62 bits per heavy atom. The highest BCUT2D eigenvalue weighted by molar-refractivity contribution is 8.01. The third-order valence-corrected chi connectivity index (χ3v) is 3.68. The van der Waals surface area contributed by atoms with Gasteiger partial charge in [-0.1, -0.05) is 23.5 Å². The summed E-state index contributed by atoms with van der Waals surface area (Å²) in [6, 6.07) is 0. The minimum Gasteiger partial charge on any atom is -0.481 e. The molecule has 0 radical (unpaired) electrons. The first-order valence-electron chi connectivity index (χ1n) is 4.29. The summed E-state index contributed by atoms with van der Waals surface area (Å²) in [6.45, 7) is 0. The molecule has 0 saturated heterocycles. The van der Waals surface area contributed by atoms with Crippen molar-refractivity contribution in [2.24, 2.45) is 0 Å². The van der Waals surface area contributed by atoms with Crippen molar-refractivity contribution in [2.75, 3.05) is 16.8 Å². The highest BCUT2D eigenvalue weighted by atomic mass is 32.2. The molecule has 84 valence electrons. The second-order valence-corrected chi connectivity index (χ2v) is 4.81. The Morgan fingerprint density at radius 3 is 3.19 bits per heavy atom. The minimum absolute atomic E-state index is 0.0933. The zero-order valence-corrected chi connectivity index (χ0v) is 9.60. The highest BCUT2D eigenvalue weighted by Gasteiger charge is 2.21. The fourth-order valence-corrected chi connectivity index (χ4v) is 2.61. The lowest BCUT2D eigenvalue weighted by Crippen LogP contribution is -2.20. The maximum absolute atomic E-state index is 11.2. The summed E-state index contributed by atoms with van der Waals surface area (Å²) in [7, 11) is 0. The number of carboxylic acids is 1. The maximum atomic E-state index is 11.2. The number of carbonyl (C=O) groups excluding carboxylic acids is 1. The van der Waals surface area contributed by atoms with E-state index in [4.69, 9.17) is 5.11 Å². The van der Waals surface area contributed by atoms with Gasteiger partial charge in [-0.05, 0) is 0 Å². The molecule has 1 aromatic heterocycles. The van der Waals surface area contributed by atoms with E-state index < -0.39 is 5.97 Å². The lowest BCUT2D eigenvalue weighted by atomic mass is 10.5. The number of carbonyl (C=O) groups is 2. The first-order valence-corrected chi connectivity index (χ1v) is 6.26. The predicted octanol–water partition coefficient (Wildman–Crippen LogP) is 0.697. The fraction of sp³-hybridized carbons (Fsp3) is 0.250. The van der Waals surface area contributed by atoms with Gasteiger partial charge in [0.1, 0.15) is 22.1 Å². The van der Waals surface area contributed by atoms with Crippen molar-refractivity contribution < 1.29 is 14.7 Å². The van der Waals surface area contributed by atoms with Gasteiger partial charge in [-0.15, -0.1) is 0 Å². The van der Waals surface area contributed by atoms with Crippen molar-refractivity contribution in [1.29, 1.82) is 0 Å². The van der Waals surface area contributed by atoms with Gasteiger partial charge in [0, 0.05) is 0 Å². The fourth-order valence-electron chi connectivity index (χ4n) is 1.12. The average Bonchev–Trinajstić information content (AvgIpc) is 2.26. The zero-order chi connectivity index (χ0) is 11.5. The van der Waals surface area contributed by atoms with E-state index in [-0.39, 0.29) is 11.7 Å². The molecule has 0 fully saturated rings. The first kappa shape index (κ1) is 11.2. The Bertz CT molecular complexity index is 452. The third kappa shape index (κ3) is 2.45. The second kappa shape index (κ2) is 4.71. The van der Waals surface area contributed by atoms with E-state index in [2.05, 4.69) is 15.3 Å². The number of aromatic nitrogens is 2. The van der Waals surface area contributed by atoms with Crippen molar-refractivity contribution in [1.82, 2.24) is 9.97 Å². The summed E-state index contributed by atoms with van der Waals surface area (Å²) in [5.74, 6) is -0.812. The standard InChI is InChI=1S/C8H7N3O3S2/c12-4-1-15-7-6(11-4)8(10-3-9-7)16-2-5(13)14/h3H,1-2H2,(H,11,12)(H,13,14). The van der Waals surface area contributed by atoms with Gasteiger partial charge < -0.3 is 10.4 Å². The molecule has 2 rings (SSSR count). The van der Waals surface area contributed by atoms with Gasteiger partial charge in [0.25, 0.3) is 0 Å². The smallest absolute Gasteiger partial charge is 0.313 e. The number of rotatable bonds is 3. The van der Waals surface area contributed by atoms with Crippen LogP contribution in [0.4, 0.5) is 5.69 Å². The molecule has 0 saturated carbocycles. The molecule has 8 heteroatoms. The van der Waals surface area contributed by atoms with Crippen molar-refractivity contribution in [3.63, 3.8) is 0 Å². The predicted molar refractivity (Wildman–Crippen MR) is 59.7 cm³/mol. The number of carboxylic acid groups (broad SMARTS) is 1. The Balaban J connectivity index is 2.24. The molecule has 1 aliphatic rings. The van der Waals surface area contributed by atoms with Crippen LogP contribution in [0.5, 0.6) is 0 Å². The monoisotopic (exact) mass is 257 g/mol. The van der Waals surface area contributed by atoms with E-state index in [1.54, 1.807) is 0 Å². The van der Waals surface area contributed by atoms with Gasteiger partial charge in [0.05, 0.1) is 11.5 Å².